The topological polar surface area (TPSA) is 87.3 Å². The molecule has 1 amide bonds. The van der Waals surface area contributed by atoms with Gasteiger partial charge in [0.25, 0.3) is 11.5 Å². The number of aromatic nitrogens is 2. The quantitative estimate of drug-likeness (QED) is 0.719. The molecule has 8 heteroatoms. The van der Waals surface area contributed by atoms with Gasteiger partial charge >= 0.3 is 0 Å². The van der Waals surface area contributed by atoms with Crippen molar-refractivity contribution >= 4 is 33.1 Å². The van der Waals surface area contributed by atoms with Crippen molar-refractivity contribution < 1.29 is 9.53 Å². The van der Waals surface area contributed by atoms with Crippen molar-refractivity contribution in [2.45, 2.75) is 13.5 Å². The van der Waals surface area contributed by atoms with Crippen molar-refractivity contribution in [3.05, 3.63) is 50.9 Å². The molecule has 26 heavy (non-hydrogen) atoms. The number of benzene rings is 1. The van der Waals surface area contributed by atoms with Gasteiger partial charge in [-0.25, -0.2) is 4.98 Å². The van der Waals surface area contributed by atoms with Crippen LogP contribution in [0.4, 0.5) is 5.69 Å². The van der Waals surface area contributed by atoms with Gasteiger partial charge in [-0.2, -0.15) is 0 Å². The zero-order chi connectivity index (χ0) is 18.8. The molecule has 7 nitrogen and oxygen atoms in total. The fraction of sp³-hybridized carbons (Fsp3) is 0.278. The number of thiophene rings is 1. The maximum absolute atomic E-state index is 12.7. The van der Waals surface area contributed by atoms with Crippen molar-refractivity contribution in [1.82, 2.24) is 14.9 Å². The van der Waals surface area contributed by atoms with Crippen LogP contribution in [-0.2, 0) is 6.54 Å². The molecule has 1 aromatic carbocycles. The van der Waals surface area contributed by atoms with Crippen molar-refractivity contribution in [2.24, 2.45) is 0 Å². The fourth-order valence-electron chi connectivity index (χ4n) is 2.64. The third-order valence-corrected chi connectivity index (χ3v) is 5.05. The molecule has 0 bridgehead atoms. The molecule has 2 heterocycles. The minimum absolute atomic E-state index is 0.218. The molecule has 2 N–H and O–H groups in total. The van der Waals surface area contributed by atoms with Crippen molar-refractivity contribution in [2.75, 3.05) is 26.5 Å². The van der Waals surface area contributed by atoms with E-state index in [1.54, 1.807) is 38.3 Å². The standard InChI is InChI=1S/C18H20N4O3S/c1-10-14-16(23)20-13(9-22(2)3)21-18(14)26-15(10)17(24)19-11-5-7-12(25-4)8-6-11/h5-8H,9H2,1-4H3,(H,19,24)(H,20,21,23). The number of ether oxygens (including phenoxy) is 1. The van der Waals surface area contributed by atoms with Crippen LogP contribution in [-0.4, -0.2) is 42.0 Å². The second kappa shape index (κ2) is 7.27. The predicted octanol–water partition coefficient (Wildman–Crippen LogP) is 2.62. The zero-order valence-corrected chi connectivity index (χ0v) is 15.9. The Morgan fingerprint density at radius 3 is 2.62 bits per heavy atom. The Labute approximate surface area is 154 Å². The van der Waals surface area contributed by atoms with Crippen molar-refractivity contribution in [3.8, 4) is 5.75 Å². The van der Waals surface area contributed by atoms with Crippen LogP contribution in [0.3, 0.4) is 0 Å². The number of hydrogen-bond acceptors (Lipinski definition) is 6. The summed E-state index contributed by atoms with van der Waals surface area (Å²) in [5.41, 5.74) is 1.08. The number of hydrogen-bond donors (Lipinski definition) is 2. The van der Waals surface area contributed by atoms with E-state index in [9.17, 15) is 9.59 Å². The highest BCUT2D eigenvalue weighted by atomic mass is 32.1. The lowest BCUT2D eigenvalue weighted by Crippen LogP contribution is -2.18. The Kier molecular flexibility index (Phi) is 5.06. The number of aromatic amines is 1. The summed E-state index contributed by atoms with van der Waals surface area (Å²) in [7, 11) is 5.39. The number of amides is 1. The van der Waals surface area contributed by atoms with Crippen LogP contribution in [0, 0.1) is 6.92 Å². The summed E-state index contributed by atoms with van der Waals surface area (Å²) < 4.78 is 5.11. The number of fused-ring (bicyclic) bond motifs is 1. The van der Waals surface area contributed by atoms with Gasteiger partial charge in [-0.05, 0) is 50.8 Å². The maximum atomic E-state index is 12.7. The van der Waals surface area contributed by atoms with E-state index in [-0.39, 0.29) is 11.5 Å². The summed E-state index contributed by atoms with van der Waals surface area (Å²) >= 11 is 1.23. The lowest BCUT2D eigenvalue weighted by Gasteiger charge is -2.07. The average Bonchev–Trinajstić information content (AvgIpc) is 2.92. The number of carbonyl (C=O) groups excluding carboxylic acids is 1. The van der Waals surface area contributed by atoms with E-state index < -0.39 is 0 Å². The van der Waals surface area contributed by atoms with Crippen LogP contribution in [0.2, 0.25) is 0 Å². The number of anilines is 1. The van der Waals surface area contributed by atoms with Gasteiger partial charge in [0.15, 0.2) is 0 Å². The van der Waals surface area contributed by atoms with E-state index >= 15 is 0 Å². The molecule has 0 aliphatic heterocycles. The Bertz CT molecular complexity index is 1010. The van der Waals surface area contributed by atoms with E-state index in [0.717, 1.165) is 0 Å². The maximum Gasteiger partial charge on any atom is 0.266 e. The Hall–Kier alpha value is -2.71. The van der Waals surface area contributed by atoms with Gasteiger partial charge in [0, 0.05) is 5.69 Å². The number of rotatable bonds is 5. The smallest absolute Gasteiger partial charge is 0.266 e. The molecule has 0 saturated heterocycles. The number of carbonyl (C=O) groups is 1. The summed E-state index contributed by atoms with van der Waals surface area (Å²) in [6.07, 6.45) is 0. The SMILES string of the molecule is COc1ccc(NC(=O)c2sc3nc(CN(C)C)[nH]c(=O)c3c2C)cc1. The Morgan fingerprint density at radius 2 is 2.00 bits per heavy atom. The van der Waals surface area contributed by atoms with Gasteiger partial charge in [-0.15, -0.1) is 11.3 Å². The van der Waals surface area contributed by atoms with Gasteiger partial charge in [0.2, 0.25) is 0 Å². The van der Waals surface area contributed by atoms with Gasteiger partial charge < -0.3 is 19.9 Å². The van der Waals surface area contributed by atoms with E-state index in [4.69, 9.17) is 4.74 Å². The number of methoxy groups -OCH3 is 1. The molecule has 0 radical (unpaired) electrons. The van der Waals surface area contributed by atoms with E-state index in [2.05, 4.69) is 15.3 Å². The van der Waals surface area contributed by atoms with Crippen LogP contribution in [0.15, 0.2) is 29.1 Å². The highest BCUT2D eigenvalue weighted by Gasteiger charge is 2.19. The van der Waals surface area contributed by atoms with E-state index in [1.807, 2.05) is 19.0 Å². The zero-order valence-electron chi connectivity index (χ0n) is 15.0. The van der Waals surface area contributed by atoms with Gasteiger partial charge in [0.05, 0.1) is 23.9 Å². The monoisotopic (exact) mass is 372 g/mol. The first-order valence-electron chi connectivity index (χ1n) is 8.01. The second-order valence-electron chi connectivity index (χ2n) is 6.17. The molecule has 0 unspecified atom stereocenters. The van der Waals surface area contributed by atoms with Crippen LogP contribution in [0.5, 0.6) is 5.75 Å². The minimum Gasteiger partial charge on any atom is -0.497 e. The average molecular weight is 372 g/mol. The van der Waals surface area contributed by atoms with Gasteiger partial charge in [-0.1, -0.05) is 0 Å². The molecule has 3 aromatic rings. The van der Waals surface area contributed by atoms with Crippen molar-refractivity contribution in [1.29, 1.82) is 0 Å². The number of H-pyrrole nitrogens is 1. The lowest BCUT2D eigenvalue weighted by molar-refractivity contribution is 0.103. The van der Waals surface area contributed by atoms with Crippen molar-refractivity contribution in [3.63, 3.8) is 0 Å². The van der Waals surface area contributed by atoms with E-state index in [1.165, 1.54) is 11.3 Å². The summed E-state index contributed by atoms with van der Waals surface area (Å²) in [4.78, 5) is 35.3. The Balaban J connectivity index is 1.93. The predicted molar refractivity (Wildman–Crippen MR) is 103 cm³/mol. The molecule has 136 valence electrons. The lowest BCUT2D eigenvalue weighted by atomic mass is 10.2. The second-order valence-corrected chi connectivity index (χ2v) is 7.17. The molecule has 3 rings (SSSR count). The molecule has 2 aromatic heterocycles. The van der Waals surface area contributed by atoms with Gasteiger partial charge in [-0.3, -0.25) is 9.59 Å². The van der Waals surface area contributed by atoms with Crippen LogP contribution in [0.1, 0.15) is 21.1 Å². The molecule has 0 spiro atoms. The molecular weight excluding hydrogens is 352 g/mol. The molecule has 0 atom stereocenters. The first kappa shape index (κ1) is 18.1. The molecular formula is C18H20N4O3S. The van der Waals surface area contributed by atoms with Crippen LogP contribution >= 0.6 is 11.3 Å². The highest BCUT2D eigenvalue weighted by molar-refractivity contribution is 7.20. The summed E-state index contributed by atoms with van der Waals surface area (Å²) in [6.45, 7) is 2.29. The first-order valence-corrected chi connectivity index (χ1v) is 8.83. The summed E-state index contributed by atoms with van der Waals surface area (Å²) in [6, 6.07) is 7.07. The normalized spacial score (nSPS) is 11.1. The first-order chi connectivity index (χ1) is 12.4. The van der Waals surface area contributed by atoms with Gasteiger partial charge in [0.1, 0.15) is 16.4 Å². The summed E-state index contributed by atoms with van der Waals surface area (Å²) in [5, 5.41) is 3.32. The number of aryl methyl sites for hydroxylation is 1. The largest absolute Gasteiger partial charge is 0.497 e. The fourth-order valence-corrected chi connectivity index (χ4v) is 3.74. The molecule has 0 aliphatic carbocycles. The summed E-state index contributed by atoms with van der Waals surface area (Å²) in [5.74, 6) is 1.03. The molecule has 0 saturated carbocycles. The number of nitrogens with one attached hydrogen (secondary N) is 2. The third kappa shape index (κ3) is 3.61. The molecule has 0 fully saturated rings. The Morgan fingerprint density at radius 1 is 1.31 bits per heavy atom. The van der Waals surface area contributed by atoms with E-state index in [0.29, 0.717) is 44.5 Å². The molecule has 0 aliphatic rings. The van der Waals surface area contributed by atoms with Crippen LogP contribution in [0.25, 0.3) is 10.2 Å². The minimum atomic E-state index is -0.260. The van der Waals surface area contributed by atoms with Crippen LogP contribution < -0.4 is 15.6 Å². The number of nitrogens with zero attached hydrogens (tertiary/aromatic N) is 2. The third-order valence-electron chi connectivity index (χ3n) is 3.87. The highest BCUT2D eigenvalue weighted by Crippen LogP contribution is 2.28.